The Balaban J connectivity index is 1.93. The first-order valence-electron chi connectivity index (χ1n) is 9.59. The highest BCUT2D eigenvalue weighted by Crippen LogP contribution is 2.26. The number of ether oxygens (including phenoxy) is 2. The minimum absolute atomic E-state index is 0.275. The molecule has 6 heteroatoms. The van der Waals surface area contributed by atoms with E-state index in [1.165, 1.54) is 0 Å². The molecule has 0 amide bonds. The molecule has 1 saturated heterocycles. The molecule has 27 heavy (non-hydrogen) atoms. The molecule has 1 aliphatic heterocycles. The van der Waals surface area contributed by atoms with Gasteiger partial charge in [0.15, 0.2) is 0 Å². The quantitative estimate of drug-likeness (QED) is 0.626. The van der Waals surface area contributed by atoms with Crippen molar-refractivity contribution in [3.63, 3.8) is 0 Å². The van der Waals surface area contributed by atoms with Crippen LogP contribution >= 0.6 is 0 Å². The number of aliphatic hydroxyl groups excluding tert-OH is 1. The number of rotatable bonds is 10. The molecule has 1 N–H and O–H groups in total. The van der Waals surface area contributed by atoms with Crippen molar-refractivity contribution in [3.8, 4) is 11.5 Å². The second-order valence-corrected chi connectivity index (χ2v) is 7.67. The summed E-state index contributed by atoms with van der Waals surface area (Å²) < 4.78 is 11.3. The van der Waals surface area contributed by atoms with Gasteiger partial charge in [-0.05, 0) is 27.1 Å². The Hall–Kier alpha value is -1.60. The van der Waals surface area contributed by atoms with Gasteiger partial charge in [0.25, 0.3) is 0 Å². The zero-order chi connectivity index (χ0) is 19.8. The molecule has 0 bridgehead atoms. The molecular weight excluding hydrogens is 342 g/mol. The van der Waals surface area contributed by atoms with Crippen LogP contribution in [-0.2, 0) is 6.54 Å². The van der Waals surface area contributed by atoms with Crippen molar-refractivity contribution in [1.82, 2.24) is 14.7 Å². The predicted molar refractivity (Wildman–Crippen MR) is 110 cm³/mol. The number of β-amino-alcohol motifs (C(OH)–C–C–N with tert-alkyl or cyclic N) is 1. The van der Waals surface area contributed by atoms with E-state index in [9.17, 15) is 5.11 Å². The van der Waals surface area contributed by atoms with Crippen LogP contribution in [0.15, 0.2) is 30.4 Å². The Bertz CT molecular complexity index is 600. The first-order chi connectivity index (χ1) is 12.9. The summed E-state index contributed by atoms with van der Waals surface area (Å²) >= 11 is 0. The highest BCUT2D eigenvalue weighted by Gasteiger charge is 2.18. The zero-order valence-electron chi connectivity index (χ0n) is 17.3. The van der Waals surface area contributed by atoms with Crippen LogP contribution in [0.1, 0.15) is 12.5 Å². The summed E-state index contributed by atoms with van der Waals surface area (Å²) in [6.07, 6.45) is -0.513. The Morgan fingerprint density at radius 3 is 2.63 bits per heavy atom. The maximum atomic E-state index is 10.4. The Kier molecular flexibility index (Phi) is 8.57. The highest BCUT2D eigenvalue weighted by atomic mass is 16.5. The Morgan fingerprint density at radius 1 is 1.30 bits per heavy atom. The van der Waals surface area contributed by atoms with E-state index < -0.39 is 6.10 Å². The van der Waals surface area contributed by atoms with Crippen molar-refractivity contribution in [2.75, 3.05) is 67.1 Å². The third-order valence-electron chi connectivity index (χ3n) is 4.75. The number of methoxy groups -OCH3 is 1. The first kappa shape index (κ1) is 21.7. The van der Waals surface area contributed by atoms with Crippen LogP contribution in [0, 0.1) is 0 Å². The van der Waals surface area contributed by atoms with Gasteiger partial charge in [0.05, 0.1) is 7.11 Å². The normalized spacial score (nSPS) is 17.1. The molecule has 1 heterocycles. The molecule has 0 saturated carbocycles. The van der Waals surface area contributed by atoms with Crippen molar-refractivity contribution >= 4 is 0 Å². The molecule has 0 radical (unpaired) electrons. The van der Waals surface area contributed by atoms with E-state index in [0.717, 1.165) is 61.9 Å². The van der Waals surface area contributed by atoms with E-state index >= 15 is 0 Å². The molecule has 1 aromatic rings. The highest BCUT2D eigenvalue weighted by molar-refractivity contribution is 5.40. The number of aliphatic hydroxyl groups is 1. The van der Waals surface area contributed by atoms with Crippen LogP contribution in [0.2, 0.25) is 0 Å². The fourth-order valence-corrected chi connectivity index (χ4v) is 3.30. The van der Waals surface area contributed by atoms with Gasteiger partial charge in [-0.25, -0.2) is 0 Å². The fourth-order valence-electron chi connectivity index (χ4n) is 3.30. The molecule has 2 rings (SSSR count). The van der Waals surface area contributed by atoms with Crippen LogP contribution in [0.5, 0.6) is 11.5 Å². The van der Waals surface area contributed by atoms with Crippen molar-refractivity contribution in [3.05, 3.63) is 35.9 Å². The van der Waals surface area contributed by atoms with Gasteiger partial charge in [0, 0.05) is 57.4 Å². The second kappa shape index (κ2) is 10.7. The van der Waals surface area contributed by atoms with Gasteiger partial charge in [0.1, 0.15) is 24.2 Å². The lowest BCUT2D eigenvalue weighted by Gasteiger charge is -2.33. The molecule has 1 atom stereocenters. The summed E-state index contributed by atoms with van der Waals surface area (Å²) in [6, 6.07) is 5.86. The monoisotopic (exact) mass is 377 g/mol. The number of likely N-dealkylation sites (N-methyl/N-ethyl adjacent to an activating group) is 2. The third-order valence-corrected chi connectivity index (χ3v) is 4.75. The van der Waals surface area contributed by atoms with Crippen molar-refractivity contribution in [2.45, 2.75) is 19.6 Å². The zero-order valence-corrected chi connectivity index (χ0v) is 17.3. The third kappa shape index (κ3) is 7.50. The second-order valence-electron chi connectivity index (χ2n) is 7.67. The van der Waals surface area contributed by atoms with Gasteiger partial charge in [-0.1, -0.05) is 18.2 Å². The van der Waals surface area contributed by atoms with E-state index in [0.29, 0.717) is 6.54 Å². The predicted octanol–water partition coefficient (Wildman–Crippen LogP) is 1.69. The molecule has 0 spiro atoms. The van der Waals surface area contributed by atoms with Crippen molar-refractivity contribution in [1.29, 1.82) is 0 Å². The van der Waals surface area contributed by atoms with Gasteiger partial charge in [-0.2, -0.15) is 0 Å². The van der Waals surface area contributed by atoms with Gasteiger partial charge >= 0.3 is 0 Å². The lowest BCUT2D eigenvalue weighted by atomic mass is 10.1. The molecule has 1 aromatic carbocycles. The maximum absolute atomic E-state index is 10.4. The van der Waals surface area contributed by atoms with Gasteiger partial charge < -0.3 is 19.5 Å². The summed E-state index contributed by atoms with van der Waals surface area (Å²) in [4.78, 5) is 6.79. The average Bonchev–Trinajstić information content (AvgIpc) is 2.62. The number of piperazine rings is 1. The van der Waals surface area contributed by atoms with E-state index in [4.69, 9.17) is 9.47 Å². The first-order valence-corrected chi connectivity index (χ1v) is 9.59. The molecule has 0 unspecified atom stereocenters. The topological polar surface area (TPSA) is 48.4 Å². The Morgan fingerprint density at radius 2 is 2.00 bits per heavy atom. The van der Waals surface area contributed by atoms with Gasteiger partial charge in [-0.3, -0.25) is 9.80 Å². The summed E-state index contributed by atoms with van der Waals surface area (Å²) in [5.41, 5.74) is 2.20. The standard InChI is InChI=1S/C21H35N3O3/c1-17(2)13-23(4)14-18-6-7-20(26-5)12-21(18)27-16-19(25)15-24-10-8-22(3)9-11-24/h6-7,12,19,25H,1,8-11,13-16H2,2-5H3/t19-/m0/s1. The van der Waals surface area contributed by atoms with Crippen LogP contribution < -0.4 is 9.47 Å². The van der Waals surface area contributed by atoms with Crippen LogP contribution in [0.4, 0.5) is 0 Å². The largest absolute Gasteiger partial charge is 0.497 e. The number of nitrogens with zero attached hydrogens (tertiary/aromatic N) is 3. The smallest absolute Gasteiger partial charge is 0.127 e. The van der Waals surface area contributed by atoms with Crippen LogP contribution in [-0.4, -0.2) is 93.0 Å². The van der Waals surface area contributed by atoms with E-state index in [1.807, 2.05) is 25.1 Å². The van der Waals surface area contributed by atoms with Gasteiger partial charge in [-0.15, -0.1) is 0 Å². The van der Waals surface area contributed by atoms with Crippen molar-refractivity contribution < 1.29 is 14.6 Å². The van der Waals surface area contributed by atoms with Crippen molar-refractivity contribution in [2.24, 2.45) is 0 Å². The summed E-state index contributed by atoms with van der Waals surface area (Å²) in [5, 5.41) is 10.4. The molecule has 1 fully saturated rings. The lowest BCUT2D eigenvalue weighted by Crippen LogP contribution is -2.47. The van der Waals surface area contributed by atoms with Crippen LogP contribution in [0.3, 0.4) is 0 Å². The van der Waals surface area contributed by atoms with Crippen LogP contribution in [0.25, 0.3) is 0 Å². The molecule has 1 aliphatic rings. The number of hydrogen-bond donors (Lipinski definition) is 1. The molecule has 0 aliphatic carbocycles. The minimum Gasteiger partial charge on any atom is -0.497 e. The Labute approximate surface area is 164 Å². The SMILES string of the molecule is C=C(C)CN(C)Cc1ccc(OC)cc1OC[C@@H](O)CN1CCN(C)CC1. The number of hydrogen-bond acceptors (Lipinski definition) is 6. The molecular formula is C21H35N3O3. The van der Waals surface area contributed by atoms with E-state index in [1.54, 1.807) is 7.11 Å². The molecule has 0 aromatic heterocycles. The van der Waals surface area contributed by atoms with Gasteiger partial charge in [0.2, 0.25) is 0 Å². The number of benzene rings is 1. The minimum atomic E-state index is -0.513. The summed E-state index contributed by atoms with van der Waals surface area (Å²) in [5.74, 6) is 1.52. The summed E-state index contributed by atoms with van der Waals surface area (Å²) in [6.45, 7) is 12.6. The average molecular weight is 378 g/mol. The fraction of sp³-hybridized carbons (Fsp3) is 0.619. The lowest BCUT2D eigenvalue weighted by molar-refractivity contribution is 0.0500. The van der Waals surface area contributed by atoms with E-state index in [2.05, 4.69) is 35.4 Å². The maximum Gasteiger partial charge on any atom is 0.127 e. The van der Waals surface area contributed by atoms with E-state index in [-0.39, 0.29) is 6.61 Å². The molecule has 6 nitrogen and oxygen atoms in total. The summed E-state index contributed by atoms with van der Waals surface area (Å²) in [7, 11) is 5.84. The molecule has 152 valence electrons.